The van der Waals surface area contributed by atoms with Gasteiger partial charge < -0.3 is 10.6 Å². The van der Waals surface area contributed by atoms with Crippen LogP contribution in [0.5, 0.6) is 0 Å². The van der Waals surface area contributed by atoms with E-state index in [1.54, 1.807) is 0 Å². The molecule has 1 atom stereocenters. The van der Waals surface area contributed by atoms with E-state index in [-0.39, 0.29) is 45.5 Å². The average Bonchev–Trinajstić information content (AvgIpc) is 3.24. The molecule has 0 fully saturated rings. The van der Waals surface area contributed by atoms with Crippen LogP contribution in [0.4, 0.5) is 50.9 Å². The first kappa shape index (κ1) is 35.3. The number of hydrogen-bond donors (Lipinski definition) is 2. The Morgan fingerprint density at radius 1 is 0.681 bits per heavy atom. The molecule has 0 aliphatic heterocycles. The molecule has 0 heterocycles. The van der Waals surface area contributed by atoms with Crippen LogP contribution in [0.1, 0.15) is 52.4 Å². The second-order valence-electron chi connectivity index (χ2n) is 10.7. The van der Waals surface area contributed by atoms with Crippen molar-refractivity contribution in [3.63, 3.8) is 0 Å². The SMILES string of the molecule is CC1=CC(C(=O)Nc2ccc(S(C)(=O)=O)cc2)=C(C)C1c1ccc(NC(=O)c2ccc(C(F)(F)F)cc2C(F)(F)F)cc1C(F)(F)F. The van der Waals surface area contributed by atoms with Crippen LogP contribution >= 0.6 is 0 Å². The van der Waals surface area contributed by atoms with Gasteiger partial charge in [-0.1, -0.05) is 11.6 Å². The maximum absolute atomic E-state index is 14.3. The lowest BCUT2D eigenvalue weighted by molar-refractivity contribution is -0.143. The zero-order chi connectivity index (χ0) is 35.3. The minimum atomic E-state index is -5.39. The predicted octanol–water partition coefficient (Wildman–Crippen LogP) is 8.40. The molecule has 0 saturated heterocycles. The summed E-state index contributed by atoms with van der Waals surface area (Å²) in [5.74, 6) is -3.36. The maximum atomic E-state index is 14.3. The Morgan fingerprint density at radius 3 is 1.77 bits per heavy atom. The van der Waals surface area contributed by atoms with Crippen LogP contribution < -0.4 is 10.6 Å². The van der Waals surface area contributed by atoms with Gasteiger partial charge in [0.05, 0.1) is 27.1 Å². The van der Waals surface area contributed by atoms with Gasteiger partial charge in [-0.15, -0.1) is 0 Å². The molecule has 3 aromatic rings. The topological polar surface area (TPSA) is 92.3 Å². The van der Waals surface area contributed by atoms with Crippen LogP contribution in [0.3, 0.4) is 0 Å². The molecule has 4 rings (SSSR count). The highest BCUT2D eigenvalue weighted by Crippen LogP contribution is 2.46. The number of sulfone groups is 1. The number of rotatable bonds is 6. The summed E-state index contributed by atoms with van der Waals surface area (Å²) in [6.07, 6.45) is -13.2. The molecule has 47 heavy (non-hydrogen) atoms. The van der Waals surface area contributed by atoms with Crippen molar-refractivity contribution >= 4 is 33.0 Å². The van der Waals surface area contributed by atoms with Crippen molar-refractivity contribution in [2.75, 3.05) is 16.9 Å². The number of amides is 2. The van der Waals surface area contributed by atoms with Gasteiger partial charge in [-0.2, -0.15) is 39.5 Å². The van der Waals surface area contributed by atoms with Crippen LogP contribution in [0.15, 0.2) is 88.4 Å². The van der Waals surface area contributed by atoms with E-state index in [9.17, 15) is 57.5 Å². The Kier molecular flexibility index (Phi) is 9.16. The van der Waals surface area contributed by atoms with Gasteiger partial charge in [-0.05, 0) is 85.7 Å². The third-order valence-corrected chi connectivity index (χ3v) is 8.42. The zero-order valence-electron chi connectivity index (χ0n) is 24.4. The monoisotopic (exact) mass is 690 g/mol. The van der Waals surface area contributed by atoms with Gasteiger partial charge in [0, 0.05) is 29.1 Å². The third-order valence-electron chi connectivity index (χ3n) is 7.29. The second kappa shape index (κ2) is 12.2. The van der Waals surface area contributed by atoms with Crippen LogP contribution in [-0.2, 0) is 33.2 Å². The van der Waals surface area contributed by atoms with E-state index in [1.807, 2.05) is 5.32 Å². The summed E-state index contributed by atoms with van der Waals surface area (Å²) < 4.78 is 146. The lowest BCUT2D eigenvalue weighted by Gasteiger charge is -2.22. The Labute approximate surface area is 261 Å². The fourth-order valence-electron chi connectivity index (χ4n) is 5.11. The molecule has 0 saturated carbocycles. The molecule has 6 nitrogen and oxygen atoms in total. The second-order valence-corrected chi connectivity index (χ2v) is 12.7. The molecular formula is C31H23F9N2O4S. The summed E-state index contributed by atoms with van der Waals surface area (Å²) in [6, 6.07) is 7.92. The Balaban J connectivity index is 1.66. The highest BCUT2D eigenvalue weighted by molar-refractivity contribution is 7.90. The van der Waals surface area contributed by atoms with Crippen molar-refractivity contribution < 1.29 is 57.5 Å². The van der Waals surface area contributed by atoms with Crippen LogP contribution in [0.25, 0.3) is 0 Å². The van der Waals surface area contributed by atoms with E-state index in [1.165, 1.54) is 44.2 Å². The molecule has 3 aromatic carbocycles. The lowest BCUT2D eigenvalue weighted by Crippen LogP contribution is -2.21. The molecule has 2 N–H and O–H groups in total. The highest BCUT2D eigenvalue weighted by atomic mass is 32.2. The molecule has 0 bridgehead atoms. The number of alkyl halides is 9. The van der Waals surface area contributed by atoms with Crippen molar-refractivity contribution in [1.29, 1.82) is 0 Å². The quantitative estimate of drug-likeness (QED) is 0.254. The summed E-state index contributed by atoms with van der Waals surface area (Å²) in [7, 11) is -3.50. The summed E-state index contributed by atoms with van der Waals surface area (Å²) in [5.41, 5.74) is -6.25. The Morgan fingerprint density at radius 2 is 1.23 bits per heavy atom. The van der Waals surface area contributed by atoms with Gasteiger partial charge in [-0.25, -0.2) is 8.42 Å². The van der Waals surface area contributed by atoms with Gasteiger partial charge in [0.2, 0.25) is 0 Å². The van der Waals surface area contributed by atoms with E-state index < -0.39 is 74.0 Å². The first-order valence-electron chi connectivity index (χ1n) is 13.3. The first-order chi connectivity index (χ1) is 21.5. The summed E-state index contributed by atoms with van der Waals surface area (Å²) in [5, 5.41) is 4.46. The Hall–Kier alpha value is -4.60. The van der Waals surface area contributed by atoms with E-state index in [0.29, 0.717) is 11.6 Å². The fourth-order valence-corrected chi connectivity index (χ4v) is 5.74. The van der Waals surface area contributed by atoms with Crippen molar-refractivity contribution in [3.05, 3.63) is 111 Å². The number of nitrogens with one attached hydrogen (secondary N) is 2. The number of carbonyl (C=O) groups is 2. The number of benzene rings is 3. The summed E-state index contributed by atoms with van der Waals surface area (Å²) in [4.78, 5) is 25.8. The van der Waals surface area contributed by atoms with Crippen molar-refractivity contribution in [2.45, 2.75) is 43.2 Å². The van der Waals surface area contributed by atoms with Gasteiger partial charge in [0.25, 0.3) is 11.8 Å². The van der Waals surface area contributed by atoms with Crippen molar-refractivity contribution in [1.82, 2.24) is 0 Å². The minimum absolute atomic E-state index is 0.00188. The summed E-state index contributed by atoms with van der Waals surface area (Å²) >= 11 is 0. The number of hydrogen-bond acceptors (Lipinski definition) is 4. The molecule has 250 valence electrons. The molecule has 1 aliphatic carbocycles. The molecule has 1 unspecified atom stereocenters. The molecule has 0 spiro atoms. The van der Waals surface area contributed by atoms with Gasteiger partial charge in [0.15, 0.2) is 9.84 Å². The van der Waals surface area contributed by atoms with E-state index in [0.717, 1.165) is 18.4 Å². The van der Waals surface area contributed by atoms with Gasteiger partial charge in [0.1, 0.15) is 0 Å². The fraction of sp³-hybridized carbons (Fsp3) is 0.226. The maximum Gasteiger partial charge on any atom is 0.417 e. The molecule has 2 amide bonds. The van der Waals surface area contributed by atoms with Crippen LogP contribution in [-0.4, -0.2) is 26.5 Å². The summed E-state index contributed by atoms with van der Waals surface area (Å²) in [6.45, 7) is 2.91. The largest absolute Gasteiger partial charge is 0.417 e. The zero-order valence-corrected chi connectivity index (χ0v) is 25.2. The molecule has 0 aromatic heterocycles. The van der Waals surface area contributed by atoms with Crippen molar-refractivity contribution in [3.8, 4) is 0 Å². The molecule has 16 heteroatoms. The smallest absolute Gasteiger partial charge is 0.322 e. The minimum Gasteiger partial charge on any atom is -0.322 e. The van der Waals surface area contributed by atoms with Crippen molar-refractivity contribution in [2.24, 2.45) is 0 Å². The molecule has 1 aliphatic rings. The number of allylic oxidation sites excluding steroid dienone is 2. The number of halogens is 9. The number of carbonyl (C=O) groups excluding carboxylic acids is 2. The standard InChI is InChI=1S/C31H23F9N2O4S/c1-15-12-23(28(44)41-18-5-8-20(9-6-18)47(3,45)46)16(2)26(15)21-11-7-19(14-25(21)31(38,39)40)42-27(43)22-10-4-17(29(32,33)34)13-24(22)30(35,36)37/h4-14,26H,1-3H3,(H,41,44)(H,42,43). The Bertz CT molecular complexity index is 1920. The predicted molar refractivity (Wildman–Crippen MR) is 153 cm³/mol. The van der Waals surface area contributed by atoms with E-state index in [2.05, 4.69) is 5.32 Å². The average molecular weight is 691 g/mol. The van der Waals surface area contributed by atoms with Crippen LogP contribution in [0.2, 0.25) is 0 Å². The normalized spacial score (nSPS) is 15.8. The number of anilines is 2. The molecular weight excluding hydrogens is 667 g/mol. The van der Waals surface area contributed by atoms with Gasteiger partial charge in [-0.3, -0.25) is 9.59 Å². The van der Waals surface area contributed by atoms with Gasteiger partial charge >= 0.3 is 18.5 Å². The first-order valence-corrected chi connectivity index (χ1v) is 15.2. The van der Waals surface area contributed by atoms with E-state index >= 15 is 0 Å². The van der Waals surface area contributed by atoms with Crippen LogP contribution in [0, 0.1) is 0 Å². The highest BCUT2D eigenvalue weighted by Gasteiger charge is 2.41. The third kappa shape index (κ3) is 7.69. The molecule has 0 radical (unpaired) electrons. The lowest BCUT2D eigenvalue weighted by atomic mass is 9.85. The van der Waals surface area contributed by atoms with E-state index in [4.69, 9.17) is 0 Å².